The van der Waals surface area contributed by atoms with E-state index in [1.54, 1.807) is 0 Å². The SMILES string of the molecule is Cc1ccc(C)c(NC(=O)c2cc3cc([N+](=O)[O-])ccc3oc2=N)c1. The van der Waals surface area contributed by atoms with Crippen molar-refractivity contribution in [2.75, 3.05) is 5.32 Å². The van der Waals surface area contributed by atoms with Gasteiger partial charge in [-0.05, 0) is 43.2 Å². The maximum atomic E-state index is 12.5. The number of nitro benzene ring substituents is 1. The smallest absolute Gasteiger partial charge is 0.270 e. The third-order valence-electron chi connectivity index (χ3n) is 3.85. The topological polar surface area (TPSA) is 109 Å². The normalized spacial score (nSPS) is 10.6. The molecule has 0 unspecified atom stereocenters. The zero-order chi connectivity index (χ0) is 18.1. The number of non-ortho nitro benzene ring substituents is 1. The first-order chi connectivity index (χ1) is 11.8. The van der Waals surface area contributed by atoms with Crippen LogP contribution < -0.4 is 10.9 Å². The molecule has 0 atom stereocenters. The molecule has 25 heavy (non-hydrogen) atoms. The van der Waals surface area contributed by atoms with Crippen LogP contribution in [0, 0.1) is 29.4 Å². The van der Waals surface area contributed by atoms with Crippen molar-refractivity contribution in [2.45, 2.75) is 13.8 Å². The second-order valence-corrected chi connectivity index (χ2v) is 5.74. The van der Waals surface area contributed by atoms with Gasteiger partial charge in [-0.3, -0.25) is 20.3 Å². The van der Waals surface area contributed by atoms with Crippen LogP contribution >= 0.6 is 0 Å². The predicted octanol–water partition coefficient (Wildman–Crippen LogP) is 3.69. The number of nitro groups is 1. The van der Waals surface area contributed by atoms with Gasteiger partial charge in [-0.2, -0.15) is 0 Å². The van der Waals surface area contributed by atoms with Crippen LogP contribution in [0.15, 0.2) is 46.9 Å². The number of rotatable bonds is 3. The van der Waals surface area contributed by atoms with Crippen LogP contribution in [0.2, 0.25) is 0 Å². The number of carbonyl (C=O) groups is 1. The van der Waals surface area contributed by atoms with Gasteiger partial charge < -0.3 is 9.73 Å². The molecule has 2 N–H and O–H groups in total. The number of hydrogen-bond donors (Lipinski definition) is 2. The van der Waals surface area contributed by atoms with E-state index >= 15 is 0 Å². The Hall–Kier alpha value is -3.48. The minimum Gasteiger partial charge on any atom is -0.438 e. The van der Waals surface area contributed by atoms with E-state index in [0.29, 0.717) is 16.7 Å². The highest BCUT2D eigenvalue weighted by Crippen LogP contribution is 2.21. The molecule has 0 aliphatic carbocycles. The Kier molecular flexibility index (Phi) is 4.06. The van der Waals surface area contributed by atoms with Gasteiger partial charge in [0.1, 0.15) is 11.1 Å². The fourth-order valence-corrected chi connectivity index (χ4v) is 2.47. The second-order valence-electron chi connectivity index (χ2n) is 5.74. The molecule has 1 heterocycles. The predicted molar refractivity (Wildman–Crippen MR) is 92.6 cm³/mol. The van der Waals surface area contributed by atoms with Crippen molar-refractivity contribution in [3.8, 4) is 0 Å². The summed E-state index contributed by atoms with van der Waals surface area (Å²) in [7, 11) is 0. The number of nitrogens with zero attached hydrogens (tertiary/aromatic N) is 1. The van der Waals surface area contributed by atoms with E-state index in [1.165, 1.54) is 24.3 Å². The van der Waals surface area contributed by atoms with Gasteiger partial charge in [0.2, 0.25) is 5.55 Å². The van der Waals surface area contributed by atoms with Gasteiger partial charge in [0.25, 0.3) is 11.6 Å². The van der Waals surface area contributed by atoms with Crippen molar-refractivity contribution >= 4 is 28.3 Å². The zero-order valence-corrected chi connectivity index (χ0v) is 13.6. The Morgan fingerprint density at radius 2 is 1.92 bits per heavy atom. The molecule has 0 saturated carbocycles. The molecule has 2 aromatic carbocycles. The zero-order valence-electron chi connectivity index (χ0n) is 13.6. The summed E-state index contributed by atoms with van der Waals surface area (Å²) >= 11 is 0. The largest absolute Gasteiger partial charge is 0.438 e. The summed E-state index contributed by atoms with van der Waals surface area (Å²) < 4.78 is 5.32. The molecule has 0 aliphatic rings. The van der Waals surface area contributed by atoms with Gasteiger partial charge in [0.15, 0.2) is 0 Å². The van der Waals surface area contributed by atoms with Gasteiger partial charge in [0.05, 0.1) is 4.92 Å². The molecule has 7 nitrogen and oxygen atoms in total. The number of aryl methyl sites for hydroxylation is 2. The van der Waals surface area contributed by atoms with Crippen molar-refractivity contribution in [1.29, 1.82) is 5.41 Å². The van der Waals surface area contributed by atoms with Gasteiger partial charge in [0, 0.05) is 23.2 Å². The maximum absolute atomic E-state index is 12.5. The van der Waals surface area contributed by atoms with Gasteiger partial charge in [-0.15, -0.1) is 0 Å². The average Bonchev–Trinajstić information content (AvgIpc) is 2.57. The Bertz CT molecular complexity index is 1070. The van der Waals surface area contributed by atoms with Crippen molar-refractivity contribution < 1.29 is 14.1 Å². The molecular weight excluding hydrogens is 322 g/mol. The molecule has 1 aromatic heterocycles. The second kappa shape index (κ2) is 6.20. The van der Waals surface area contributed by atoms with E-state index in [9.17, 15) is 14.9 Å². The van der Waals surface area contributed by atoms with Crippen LogP contribution in [0.1, 0.15) is 21.5 Å². The number of carbonyl (C=O) groups excluding carboxylic acids is 1. The molecule has 7 heteroatoms. The minimum absolute atomic E-state index is 0.00824. The van der Waals surface area contributed by atoms with E-state index in [4.69, 9.17) is 9.83 Å². The minimum atomic E-state index is -0.524. The monoisotopic (exact) mass is 337 g/mol. The molecule has 3 rings (SSSR count). The first-order valence-electron chi connectivity index (χ1n) is 7.50. The molecule has 0 radical (unpaired) electrons. The number of anilines is 1. The lowest BCUT2D eigenvalue weighted by Gasteiger charge is -2.09. The lowest BCUT2D eigenvalue weighted by molar-refractivity contribution is -0.384. The van der Waals surface area contributed by atoms with E-state index < -0.39 is 10.8 Å². The molecule has 0 spiro atoms. The Morgan fingerprint density at radius 1 is 1.16 bits per heavy atom. The van der Waals surface area contributed by atoms with Gasteiger partial charge >= 0.3 is 0 Å². The van der Waals surface area contributed by atoms with Crippen LogP contribution in [0.4, 0.5) is 11.4 Å². The van der Waals surface area contributed by atoms with Crippen LogP contribution in [-0.2, 0) is 0 Å². The summed E-state index contributed by atoms with van der Waals surface area (Å²) in [6, 6.07) is 11.1. The maximum Gasteiger partial charge on any atom is 0.270 e. The molecule has 0 saturated heterocycles. The van der Waals surface area contributed by atoms with Gasteiger partial charge in [-0.25, -0.2) is 0 Å². The van der Waals surface area contributed by atoms with E-state index in [0.717, 1.165) is 11.1 Å². The Morgan fingerprint density at radius 3 is 2.64 bits per heavy atom. The third-order valence-corrected chi connectivity index (χ3v) is 3.85. The number of amides is 1. The third kappa shape index (κ3) is 3.25. The number of nitrogens with one attached hydrogen (secondary N) is 2. The van der Waals surface area contributed by atoms with Gasteiger partial charge in [-0.1, -0.05) is 12.1 Å². The lowest BCUT2D eigenvalue weighted by atomic mass is 10.1. The molecule has 0 bridgehead atoms. The highest BCUT2D eigenvalue weighted by atomic mass is 16.6. The molecule has 3 aromatic rings. The summed E-state index contributed by atoms with van der Waals surface area (Å²) in [5.41, 5.74) is 2.42. The molecule has 126 valence electrons. The highest BCUT2D eigenvalue weighted by molar-refractivity contribution is 6.05. The van der Waals surface area contributed by atoms with Crippen molar-refractivity contribution in [1.82, 2.24) is 0 Å². The number of hydrogen-bond acceptors (Lipinski definition) is 5. The number of benzene rings is 2. The van der Waals surface area contributed by atoms with Crippen molar-refractivity contribution in [3.05, 3.63) is 74.8 Å². The highest BCUT2D eigenvalue weighted by Gasteiger charge is 2.15. The van der Waals surface area contributed by atoms with Crippen LogP contribution in [0.3, 0.4) is 0 Å². The van der Waals surface area contributed by atoms with E-state index in [-0.39, 0.29) is 16.8 Å². The van der Waals surface area contributed by atoms with Crippen molar-refractivity contribution in [3.63, 3.8) is 0 Å². The van der Waals surface area contributed by atoms with E-state index in [1.807, 2.05) is 32.0 Å². The number of fused-ring (bicyclic) bond motifs is 1. The first-order valence-corrected chi connectivity index (χ1v) is 7.50. The van der Waals surface area contributed by atoms with E-state index in [2.05, 4.69) is 5.32 Å². The summed E-state index contributed by atoms with van der Waals surface area (Å²) in [5, 5.41) is 22.0. The summed E-state index contributed by atoms with van der Waals surface area (Å²) in [4.78, 5) is 22.9. The standard InChI is InChI=1S/C18H15N3O4/c1-10-3-4-11(2)15(7-10)20-18(22)14-9-12-8-13(21(23)24)5-6-16(12)25-17(14)19/h3-9,19H,1-2H3,(H,20,22). The van der Waals surface area contributed by atoms with Crippen LogP contribution in [0.25, 0.3) is 11.0 Å². The molecule has 0 fully saturated rings. The summed E-state index contributed by atoms with van der Waals surface area (Å²) in [5.74, 6) is -0.504. The lowest BCUT2D eigenvalue weighted by Crippen LogP contribution is -2.21. The summed E-state index contributed by atoms with van der Waals surface area (Å²) in [6.07, 6.45) is 0. The van der Waals surface area contributed by atoms with Crippen LogP contribution in [-0.4, -0.2) is 10.8 Å². The Labute approximate surface area is 142 Å². The Balaban J connectivity index is 2.03. The fraction of sp³-hybridized carbons (Fsp3) is 0.111. The fourth-order valence-electron chi connectivity index (χ4n) is 2.47. The van der Waals surface area contributed by atoms with Crippen LogP contribution in [0.5, 0.6) is 0 Å². The van der Waals surface area contributed by atoms with Crippen molar-refractivity contribution in [2.24, 2.45) is 0 Å². The quantitative estimate of drug-likeness (QED) is 0.561. The molecular formula is C18H15N3O4. The molecule has 1 amide bonds. The molecule has 0 aliphatic heterocycles. The first kappa shape index (κ1) is 16.4. The summed E-state index contributed by atoms with van der Waals surface area (Å²) in [6.45, 7) is 3.78. The average molecular weight is 337 g/mol.